The van der Waals surface area contributed by atoms with Gasteiger partial charge in [-0.25, -0.2) is 9.78 Å². The van der Waals surface area contributed by atoms with Crippen molar-refractivity contribution in [1.82, 2.24) is 10.3 Å². The second kappa shape index (κ2) is 8.30. The maximum Gasteiger partial charge on any atom is 0.319 e. The standard InChI is InChI=1S/C18H20N4O4/c23-15-4-1-9-19-16(15)17(24)21-12-5-7-13(8-6-12)22-18(25)20-11-14-3-2-10-26-14/h1,4-9,14,23H,2-3,10-11H2,(H,21,24)(H2,20,22,25)/t14-/m1/s1. The van der Waals surface area contributed by atoms with E-state index in [0.29, 0.717) is 17.9 Å². The number of aromatic nitrogens is 1. The van der Waals surface area contributed by atoms with Gasteiger partial charge >= 0.3 is 6.03 Å². The molecule has 3 amide bonds. The highest BCUT2D eigenvalue weighted by Crippen LogP contribution is 2.17. The summed E-state index contributed by atoms with van der Waals surface area (Å²) < 4.78 is 5.45. The summed E-state index contributed by atoms with van der Waals surface area (Å²) in [6.45, 7) is 1.23. The molecule has 0 aliphatic carbocycles. The number of nitrogens with one attached hydrogen (secondary N) is 3. The van der Waals surface area contributed by atoms with Crippen molar-refractivity contribution >= 4 is 23.3 Å². The average molecular weight is 356 g/mol. The molecule has 0 saturated carbocycles. The van der Waals surface area contributed by atoms with Gasteiger partial charge in [-0.3, -0.25) is 4.79 Å². The number of nitrogens with zero attached hydrogens (tertiary/aromatic N) is 1. The molecule has 2 heterocycles. The number of amides is 3. The minimum Gasteiger partial charge on any atom is -0.505 e. The Morgan fingerprint density at radius 3 is 2.54 bits per heavy atom. The van der Waals surface area contributed by atoms with Crippen molar-refractivity contribution in [2.24, 2.45) is 0 Å². The first kappa shape index (κ1) is 17.7. The summed E-state index contributed by atoms with van der Waals surface area (Å²) in [6, 6.07) is 9.25. The predicted molar refractivity (Wildman–Crippen MR) is 96.3 cm³/mol. The number of pyridine rings is 1. The zero-order valence-corrected chi connectivity index (χ0v) is 14.1. The van der Waals surface area contributed by atoms with Crippen LogP contribution in [0, 0.1) is 0 Å². The Hall–Kier alpha value is -3.13. The van der Waals surface area contributed by atoms with Gasteiger partial charge in [-0.1, -0.05) is 0 Å². The van der Waals surface area contributed by atoms with E-state index in [2.05, 4.69) is 20.9 Å². The monoisotopic (exact) mass is 356 g/mol. The quantitative estimate of drug-likeness (QED) is 0.657. The van der Waals surface area contributed by atoms with E-state index < -0.39 is 5.91 Å². The van der Waals surface area contributed by atoms with Crippen LogP contribution in [0.4, 0.5) is 16.2 Å². The number of carbonyl (C=O) groups is 2. The summed E-state index contributed by atoms with van der Waals surface area (Å²) in [5.41, 5.74) is 1.06. The van der Waals surface area contributed by atoms with Crippen molar-refractivity contribution in [2.45, 2.75) is 18.9 Å². The number of ether oxygens (including phenoxy) is 1. The molecule has 1 aliphatic heterocycles. The van der Waals surface area contributed by atoms with E-state index in [1.165, 1.54) is 18.3 Å². The van der Waals surface area contributed by atoms with Crippen LogP contribution in [0.2, 0.25) is 0 Å². The minimum atomic E-state index is -0.516. The van der Waals surface area contributed by atoms with Gasteiger partial charge < -0.3 is 25.8 Å². The van der Waals surface area contributed by atoms with E-state index in [0.717, 1.165) is 19.4 Å². The van der Waals surface area contributed by atoms with E-state index >= 15 is 0 Å². The first-order valence-electron chi connectivity index (χ1n) is 8.33. The van der Waals surface area contributed by atoms with E-state index in [4.69, 9.17) is 4.74 Å². The molecule has 26 heavy (non-hydrogen) atoms. The van der Waals surface area contributed by atoms with Crippen LogP contribution in [0.1, 0.15) is 23.3 Å². The fourth-order valence-electron chi connectivity index (χ4n) is 2.59. The lowest BCUT2D eigenvalue weighted by Gasteiger charge is -2.12. The topological polar surface area (TPSA) is 113 Å². The molecule has 1 aliphatic rings. The smallest absolute Gasteiger partial charge is 0.319 e. The summed E-state index contributed by atoms with van der Waals surface area (Å²) in [5, 5.41) is 17.8. The number of hydrogen-bond acceptors (Lipinski definition) is 5. The molecule has 8 nitrogen and oxygen atoms in total. The van der Waals surface area contributed by atoms with Gasteiger partial charge in [0, 0.05) is 30.7 Å². The Morgan fingerprint density at radius 2 is 1.88 bits per heavy atom. The molecule has 1 aromatic carbocycles. The lowest BCUT2D eigenvalue weighted by molar-refractivity contribution is 0.101. The molecule has 0 bridgehead atoms. The summed E-state index contributed by atoms with van der Waals surface area (Å²) >= 11 is 0. The summed E-state index contributed by atoms with van der Waals surface area (Å²) in [5.74, 6) is -0.704. The molecule has 1 saturated heterocycles. The summed E-state index contributed by atoms with van der Waals surface area (Å²) in [7, 11) is 0. The minimum absolute atomic E-state index is 0.0526. The third-order valence-corrected chi connectivity index (χ3v) is 3.92. The van der Waals surface area contributed by atoms with Crippen molar-refractivity contribution in [3.8, 4) is 5.75 Å². The lowest BCUT2D eigenvalue weighted by atomic mass is 10.2. The number of urea groups is 1. The molecular weight excluding hydrogens is 336 g/mol. The van der Waals surface area contributed by atoms with Gasteiger partial charge in [0.05, 0.1) is 6.10 Å². The number of rotatable bonds is 5. The van der Waals surface area contributed by atoms with E-state index in [1.807, 2.05) is 0 Å². The van der Waals surface area contributed by atoms with Crippen LogP contribution in [0.3, 0.4) is 0 Å². The van der Waals surface area contributed by atoms with Gasteiger partial charge in [0.1, 0.15) is 5.75 Å². The van der Waals surface area contributed by atoms with Crippen molar-refractivity contribution in [2.75, 3.05) is 23.8 Å². The zero-order valence-electron chi connectivity index (χ0n) is 14.1. The number of benzene rings is 1. The Labute approximate surface area is 150 Å². The Morgan fingerprint density at radius 1 is 1.15 bits per heavy atom. The molecule has 0 radical (unpaired) electrons. The first-order valence-corrected chi connectivity index (χ1v) is 8.33. The Bertz CT molecular complexity index is 773. The van der Waals surface area contributed by atoms with Gasteiger partial charge in [-0.2, -0.15) is 0 Å². The second-order valence-electron chi connectivity index (χ2n) is 5.87. The fourth-order valence-corrected chi connectivity index (χ4v) is 2.59. The van der Waals surface area contributed by atoms with Gasteiger partial charge in [0.15, 0.2) is 5.69 Å². The summed E-state index contributed by atoms with van der Waals surface area (Å²) in [4.78, 5) is 27.8. The largest absolute Gasteiger partial charge is 0.505 e. The third kappa shape index (κ3) is 4.70. The molecule has 4 N–H and O–H groups in total. The fraction of sp³-hybridized carbons (Fsp3) is 0.278. The average Bonchev–Trinajstić information content (AvgIpc) is 3.15. The predicted octanol–water partition coefficient (Wildman–Crippen LogP) is 2.34. The van der Waals surface area contributed by atoms with Gasteiger partial charge in [-0.15, -0.1) is 0 Å². The van der Waals surface area contributed by atoms with Gasteiger partial charge in [0.25, 0.3) is 5.91 Å². The number of carbonyl (C=O) groups excluding carboxylic acids is 2. The molecule has 0 spiro atoms. The van der Waals surface area contributed by atoms with Gasteiger partial charge in [0.2, 0.25) is 0 Å². The molecule has 136 valence electrons. The Balaban J connectivity index is 1.50. The van der Waals surface area contributed by atoms with Crippen LogP contribution < -0.4 is 16.0 Å². The van der Waals surface area contributed by atoms with Crippen molar-refractivity contribution in [3.63, 3.8) is 0 Å². The maximum absolute atomic E-state index is 12.1. The van der Waals surface area contributed by atoms with E-state index in [1.54, 1.807) is 24.3 Å². The highest BCUT2D eigenvalue weighted by molar-refractivity contribution is 6.04. The van der Waals surface area contributed by atoms with Crippen LogP contribution in [0.15, 0.2) is 42.6 Å². The highest BCUT2D eigenvalue weighted by atomic mass is 16.5. The molecule has 1 atom stereocenters. The normalized spacial score (nSPS) is 16.1. The molecule has 2 aromatic rings. The van der Waals surface area contributed by atoms with Crippen molar-refractivity contribution in [1.29, 1.82) is 0 Å². The van der Waals surface area contributed by atoms with Crippen LogP contribution in [-0.4, -0.2) is 41.3 Å². The van der Waals surface area contributed by atoms with E-state index in [-0.39, 0.29) is 23.6 Å². The zero-order chi connectivity index (χ0) is 18.4. The van der Waals surface area contributed by atoms with Crippen molar-refractivity contribution < 1.29 is 19.4 Å². The van der Waals surface area contributed by atoms with Crippen molar-refractivity contribution in [3.05, 3.63) is 48.3 Å². The summed E-state index contributed by atoms with van der Waals surface area (Å²) in [6.07, 6.45) is 3.50. The number of anilines is 2. The Kier molecular flexibility index (Phi) is 5.65. The molecule has 3 rings (SSSR count). The molecular formula is C18H20N4O4. The number of hydrogen-bond donors (Lipinski definition) is 4. The highest BCUT2D eigenvalue weighted by Gasteiger charge is 2.16. The first-order chi connectivity index (χ1) is 12.6. The second-order valence-corrected chi connectivity index (χ2v) is 5.87. The van der Waals surface area contributed by atoms with Crippen LogP contribution in [0.25, 0.3) is 0 Å². The van der Waals surface area contributed by atoms with Crippen LogP contribution in [-0.2, 0) is 4.74 Å². The molecule has 8 heteroatoms. The molecule has 1 fully saturated rings. The van der Waals surface area contributed by atoms with E-state index in [9.17, 15) is 14.7 Å². The SMILES string of the molecule is O=C(NC[C@H]1CCCO1)Nc1ccc(NC(=O)c2ncccc2O)cc1. The third-order valence-electron chi connectivity index (χ3n) is 3.92. The van der Waals surface area contributed by atoms with Gasteiger partial charge in [-0.05, 0) is 49.2 Å². The lowest BCUT2D eigenvalue weighted by Crippen LogP contribution is -2.35. The maximum atomic E-state index is 12.1. The number of aromatic hydroxyl groups is 1. The van der Waals surface area contributed by atoms with Crippen LogP contribution in [0.5, 0.6) is 5.75 Å². The van der Waals surface area contributed by atoms with Crippen LogP contribution >= 0.6 is 0 Å². The molecule has 1 aromatic heterocycles. The molecule has 0 unspecified atom stereocenters.